The molecule has 0 spiro atoms. The third-order valence-corrected chi connectivity index (χ3v) is 9.85. The fraction of sp³-hybridized carbons (Fsp3) is 0.474. The molecular weight excluding hydrogens is 677 g/mol. The molecule has 3 fully saturated rings. The van der Waals surface area contributed by atoms with Gasteiger partial charge in [-0.3, -0.25) is 14.8 Å². The number of halogens is 3. The van der Waals surface area contributed by atoms with Crippen molar-refractivity contribution < 1.29 is 36.9 Å². The molecule has 274 valence electrons. The number of rotatable bonds is 8. The predicted molar refractivity (Wildman–Crippen MR) is 189 cm³/mol. The van der Waals surface area contributed by atoms with E-state index in [-0.39, 0.29) is 84.3 Å². The van der Waals surface area contributed by atoms with Gasteiger partial charge in [0.05, 0.1) is 23.0 Å². The Hall–Kier alpha value is -4.87. The summed E-state index contributed by atoms with van der Waals surface area (Å²) in [4.78, 5) is 32.7. The van der Waals surface area contributed by atoms with Crippen molar-refractivity contribution in [2.45, 2.75) is 69.9 Å². The quantitative estimate of drug-likeness (QED) is 0.157. The maximum absolute atomic E-state index is 17.1. The van der Waals surface area contributed by atoms with Crippen molar-refractivity contribution in [3.8, 4) is 35.4 Å². The lowest BCUT2D eigenvalue weighted by molar-refractivity contribution is 0.0122. The molecule has 2 bridgehead atoms. The minimum absolute atomic E-state index is 0.0512. The van der Waals surface area contributed by atoms with Gasteiger partial charge >= 0.3 is 12.1 Å². The molecule has 11 nitrogen and oxygen atoms in total. The monoisotopic (exact) mass is 718 g/mol. The molecule has 2 aromatic carbocycles. The number of carbonyl (C=O) groups excluding carboxylic acids is 1. The van der Waals surface area contributed by atoms with Crippen molar-refractivity contribution in [1.29, 1.82) is 0 Å². The normalized spacial score (nSPS) is 21.9. The van der Waals surface area contributed by atoms with E-state index in [0.29, 0.717) is 35.4 Å². The van der Waals surface area contributed by atoms with Crippen LogP contribution in [-0.2, 0) is 9.47 Å². The molecule has 4 aromatic rings. The molecule has 0 unspecified atom stereocenters. The van der Waals surface area contributed by atoms with E-state index in [0.717, 1.165) is 12.8 Å². The number of aromatic nitrogens is 3. The number of fused-ring (bicyclic) bond motifs is 4. The third-order valence-electron chi connectivity index (χ3n) is 9.85. The van der Waals surface area contributed by atoms with Gasteiger partial charge in [0.15, 0.2) is 12.6 Å². The van der Waals surface area contributed by atoms with Crippen molar-refractivity contribution in [3.63, 3.8) is 0 Å². The number of methoxy groups -OCH3 is 1. The van der Waals surface area contributed by atoms with Crippen LogP contribution in [0.5, 0.6) is 11.8 Å². The van der Waals surface area contributed by atoms with Gasteiger partial charge < -0.3 is 23.8 Å². The molecule has 1 amide bonds. The van der Waals surface area contributed by atoms with Gasteiger partial charge in [0.25, 0.3) is 0 Å². The molecule has 0 radical (unpaired) electrons. The van der Waals surface area contributed by atoms with Crippen LogP contribution in [0.3, 0.4) is 0 Å². The summed E-state index contributed by atoms with van der Waals surface area (Å²) in [5.41, 5.74) is -0.714. The molecule has 0 N–H and O–H groups in total. The summed E-state index contributed by atoms with van der Waals surface area (Å²) in [5.74, 6) is 1.68. The number of likely N-dealkylation sites (N-methyl/N-ethyl adjacent to an activating group) is 1. The number of nitrogens with zero attached hydrogens (tertiary/aromatic N) is 6. The van der Waals surface area contributed by atoms with Crippen LogP contribution in [0, 0.1) is 24.0 Å². The molecule has 3 saturated heterocycles. The zero-order chi connectivity index (χ0) is 36.9. The first-order valence-corrected chi connectivity index (χ1v) is 17.3. The van der Waals surface area contributed by atoms with Gasteiger partial charge in [0.1, 0.15) is 47.0 Å². The molecule has 52 heavy (non-hydrogen) atoms. The van der Waals surface area contributed by atoms with Crippen LogP contribution in [0.4, 0.5) is 23.8 Å². The maximum Gasteiger partial charge on any atom is 0.410 e. The maximum atomic E-state index is 17.1. The number of terminal acetylenes is 1. The lowest BCUT2D eigenvalue weighted by atomic mass is 9.95. The van der Waals surface area contributed by atoms with Gasteiger partial charge in [-0.05, 0) is 70.7 Å². The summed E-state index contributed by atoms with van der Waals surface area (Å²) in [6, 6.07) is 5.35. The van der Waals surface area contributed by atoms with E-state index in [1.165, 1.54) is 31.5 Å². The second kappa shape index (κ2) is 13.9. The van der Waals surface area contributed by atoms with Gasteiger partial charge in [-0.1, -0.05) is 12.0 Å². The number of ether oxygens (including phenoxy) is 4. The summed E-state index contributed by atoms with van der Waals surface area (Å²) in [6.07, 6.45) is 7.73. The Morgan fingerprint density at radius 3 is 2.48 bits per heavy atom. The minimum Gasteiger partial charge on any atom is -0.468 e. The largest absolute Gasteiger partial charge is 0.468 e. The van der Waals surface area contributed by atoms with Crippen LogP contribution in [0.15, 0.2) is 30.5 Å². The van der Waals surface area contributed by atoms with Gasteiger partial charge in [0.2, 0.25) is 0 Å². The molecule has 5 heterocycles. The van der Waals surface area contributed by atoms with E-state index >= 15 is 8.78 Å². The first-order chi connectivity index (χ1) is 24.8. The average molecular weight is 719 g/mol. The Morgan fingerprint density at radius 2 is 1.83 bits per heavy atom. The van der Waals surface area contributed by atoms with E-state index in [1.54, 1.807) is 11.0 Å². The number of alkyl halides is 1. The lowest BCUT2D eigenvalue weighted by Crippen LogP contribution is -2.57. The number of carbonyl (C=O) groups is 1. The van der Waals surface area contributed by atoms with Crippen molar-refractivity contribution in [1.82, 2.24) is 24.8 Å². The summed E-state index contributed by atoms with van der Waals surface area (Å²) in [7, 11) is 3.29. The fourth-order valence-electron chi connectivity index (χ4n) is 7.53. The summed E-state index contributed by atoms with van der Waals surface area (Å²) in [6.45, 7) is 6.62. The molecule has 4 atom stereocenters. The molecule has 7 rings (SSSR count). The number of pyridine rings is 1. The summed E-state index contributed by atoms with van der Waals surface area (Å²) < 4.78 is 69.0. The SMILES string of the molecule is C#Cc1c(F)ccc2cc(OCOC)cc(-c3ncc4c(N5C[C@H]6CC[C@@H](C5)N6C(=O)OC(C)(C)C)nc(OC[C@@H]5C[C@@H](F)CN5C)nc4c3F)c12. The smallest absolute Gasteiger partial charge is 0.410 e. The van der Waals surface area contributed by atoms with Gasteiger partial charge in [-0.15, -0.1) is 6.42 Å². The van der Waals surface area contributed by atoms with Gasteiger partial charge in [-0.25, -0.2) is 18.0 Å². The highest BCUT2D eigenvalue weighted by atomic mass is 19.1. The standard InChI is InChI=1S/C38H41F3N6O5/c1-7-27-30(40)11-8-21-12-26(51-20-49-6)14-28(31(21)27)33-32(41)34-29(15-42-33)35(44-36(43-34)50-19-25-13-22(39)16-45(25)5)46-17-23-9-10-24(18-46)47(23)37(48)52-38(2,3)4/h1,8,11-12,14-15,22-25H,9-10,13,16-20H2,2-6H3/t22-,23-,24+,25+/m1/s1. The molecule has 3 aliphatic heterocycles. The highest BCUT2D eigenvalue weighted by Gasteiger charge is 2.45. The first-order valence-electron chi connectivity index (χ1n) is 17.3. The Bertz CT molecular complexity index is 2060. The molecule has 14 heteroatoms. The van der Waals surface area contributed by atoms with E-state index < -0.39 is 23.4 Å². The molecular formula is C38H41F3N6O5. The van der Waals surface area contributed by atoms with Crippen LogP contribution >= 0.6 is 0 Å². The predicted octanol–water partition coefficient (Wildman–Crippen LogP) is 6.10. The van der Waals surface area contributed by atoms with Crippen LogP contribution in [-0.4, -0.2) is 108 Å². The molecule has 0 aliphatic carbocycles. The van der Waals surface area contributed by atoms with E-state index in [2.05, 4.69) is 15.9 Å². The van der Waals surface area contributed by atoms with Gasteiger partial charge in [0, 0.05) is 49.9 Å². The van der Waals surface area contributed by atoms with E-state index in [1.807, 2.05) is 37.6 Å². The molecule has 3 aliphatic rings. The Kier molecular flexibility index (Phi) is 9.52. The number of amides is 1. The summed E-state index contributed by atoms with van der Waals surface area (Å²) >= 11 is 0. The van der Waals surface area contributed by atoms with Crippen molar-refractivity contribution in [2.75, 3.05) is 52.1 Å². The van der Waals surface area contributed by atoms with Crippen LogP contribution in [0.2, 0.25) is 0 Å². The second-order valence-corrected chi connectivity index (χ2v) is 14.6. The number of hydrogen-bond donors (Lipinski definition) is 0. The van der Waals surface area contributed by atoms with Crippen molar-refractivity contribution >= 4 is 33.6 Å². The Labute approximate surface area is 300 Å². The number of benzene rings is 2. The fourth-order valence-corrected chi connectivity index (χ4v) is 7.53. The summed E-state index contributed by atoms with van der Waals surface area (Å²) in [5, 5.41) is 1.11. The van der Waals surface area contributed by atoms with Gasteiger partial charge in [-0.2, -0.15) is 9.97 Å². The lowest BCUT2D eigenvalue weighted by Gasteiger charge is -2.42. The first kappa shape index (κ1) is 35.5. The highest BCUT2D eigenvalue weighted by Crippen LogP contribution is 2.41. The number of likely N-dealkylation sites (tertiary alicyclic amines) is 1. The van der Waals surface area contributed by atoms with E-state index in [4.69, 9.17) is 30.4 Å². The Morgan fingerprint density at radius 1 is 1.08 bits per heavy atom. The van der Waals surface area contributed by atoms with Crippen LogP contribution in [0.25, 0.3) is 32.9 Å². The van der Waals surface area contributed by atoms with Crippen LogP contribution in [0.1, 0.15) is 45.6 Å². The van der Waals surface area contributed by atoms with E-state index in [9.17, 15) is 9.18 Å². The topological polar surface area (TPSA) is 102 Å². The highest BCUT2D eigenvalue weighted by molar-refractivity contribution is 6.03. The third kappa shape index (κ3) is 6.75. The average Bonchev–Trinajstić information content (AvgIpc) is 3.57. The molecule has 2 aromatic heterocycles. The Balaban J connectivity index is 1.34. The zero-order valence-corrected chi connectivity index (χ0v) is 29.8. The second-order valence-electron chi connectivity index (χ2n) is 14.6. The molecule has 0 saturated carbocycles. The van der Waals surface area contributed by atoms with Crippen LogP contribution < -0.4 is 14.4 Å². The number of piperazine rings is 1. The zero-order valence-electron chi connectivity index (χ0n) is 29.8. The van der Waals surface area contributed by atoms with Crippen molar-refractivity contribution in [2.24, 2.45) is 0 Å². The minimum atomic E-state index is -0.981. The number of anilines is 1. The van der Waals surface area contributed by atoms with Crippen molar-refractivity contribution in [3.05, 3.63) is 47.7 Å². The number of hydrogen-bond acceptors (Lipinski definition) is 10.